The van der Waals surface area contributed by atoms with Gasteiger partial charge in [0.05, 0.1) is 12.5 Å². The summed E-state index contributed by atoms with van der Waals surface area (Å²) < 4.78 is 5.13. The molecule has 0 aromatic heterocycles. The molecule has 1 aromatic rings. The maximum Gasteiger partial charge on any atom is 0.309 e. The fourth-order valence-corrected chi connectivity index (χ4v) is 3.32. The smallest absolute Gasteiger partial charge is 0.309 e. The number of esters is 1. The second kappa shape index (κ2) is 7.79. The molecule has 0 bridgehead atoms. The van der Waals surface area contributed by atoms with Crippen molar-refractivity contribution in [3.8, 4) is 0 Å². The molecule has 1 heterocycles. The van der Waals surface area contributed by atoms with Crippen molar-refractivity contribution in [2.24, 2.45) is 5.92 Å². The lowest BCUT2D eigenvalue weighted by Crippen LogP contribution is -2.45. The van der Waals surface area contributed by atoms with E-state index in [4.69, 9.17) is 4.74 Å². The number of amides is 1. The van der Waals surface area contributed by atoms with Crippen molar-refractivity contribution in [2.45, 2.75) is 44.7 Å². The van der Waals surface area contributed by atoms with Crippen molar-refractivity contribution in [3.05, 3.63) is 35.9 Å². The number of ether oxygens (including phenoxy) is 1. The van der Waals surface area contributed by atoms with E-state index in [0.717, 1.165) is 44.3 Å². The highest BCUT2D eigenvalue weighted by atomic mass is 16.5. The Bertz CT molecular complexity index is 563. The molecular formula is C19H26N2O3. The van der Waals surface area contributed by atoms with Gasteiger partial charge in [0.1, 0.15) is 6.04 Å². The number of carbonyl (C=O) groups is 2. The van der Waals surface area contributed by atoms with Gasteiger partial charge in [-0.25, -0.2) is 0 Å². The van der Waals surface area contributed by atoms with E-state index < -0.39 is 0 Å². The zero-order chi connectivity index (χ0) is 16.9. The van der Waals surface area contributed by atoms with E-state index >= 15 is 0 Å². The van der Waals surface area contributed by atoms with Gasteiger partial charge in [-0.15, -0.1) is 0 Å². The van der Waals surface area contributed by atoms with Crippen LogP contribution in [0.4, 0.5) is 0 Å². The summed E-state index contributed by atoms with van der Waals surface area (Å²) in [5.74, 6) is -0.0572. The quantitative estimate of drug-likeness (QED) is 0.813. The molecule has 24 heavy (non-hydrogen) atoms. The van der Waals surface area contributed by atoms with Crippen LogP contribution in [0.2, 0.25) is 0 Å². The third kappa shape index (κ3) is 4.15. The number of nitrogens with zero attached hydrogens (tertiary/aromatic N) is 1. The molecule has 1 aromatic carbocycles. The molecule has 2 aliphatic rings. The monoisotopic (exact) mass is 330 g/mol. The molecule has 1 atom stereocenters. The molecule has 3 rings (SSSR count). The lowest BCUT2D eigenvalue weighted by Gasteiger charge is -2.36. The number of nitrogens with one attached hydrogen (secondary N) is 1. The Labute approximate surface area is 143 Å². The number of piperidine rings is 1. The number of hydrogen-bond acceptors (Lipinski definition) is 4. The van der Waals surface area contributed by atoms with Gasteiger partial charge in [-0.2, -0.15) is 0 Å². The Morgan fingerprint density at radius 2 is 1.83 bits per heavy atom. The van der Waals surface area contributed by atoms with Gasteiger partial charge in [-0.05, 0) is 38.2 Å². The normalized spacial score (nSPS) is 20.4. The van der Waals surface area contributed by atoms with Crippen LogP contribution in [0.1, 0.15) is 44.2 Å². The molecule has 1 saturated carbocycles. The molecule has 130 valence electrons. The van der Waals surface area contributed by atoms with Crippen LogP contribution in [0.5, 0.6) is 0 Å². The van der Waals surface area contributed by atoms with Gasteiger partial charge in [0, 0.05) is 19.1 Å². The first-order valence-electron chi connectivity index (χ1n) is 8.95. The zero-order valence-electron chi connectivity index (χ0n) is 14.2. The first-order valence-corrected chi connectivity index (χ1v) is 8.95. The second-order valence-electron chi connectivity index (χ2n) is 6.66. The van der Waals surface area contributed by atoms with Gasteiger partial charge in [0.2, 0.25) is 5.91 Å². The Morgan fingerprint density at radius 3 is 2.42 bits per heavy atom. The minimum absolute atomic E-state index is 0.0379. The highest BCUT2D eigenvalue weighted by molar-refractivity contribution is 5.83. The van der Waals surface area contributed by atoms with Crippen LogP contribution in [0.15, 0.2) is 30.3 Å². The Kier molecular flexibility index (Phi) is 5.51. The topological polar surface area (TPSA) is 58.6 Å². The minimum Gasteiger partial charge on any atom is -0.466 e. The van der Waals surface area contributed by atoms with Crippen LogP contribution < -0.4 is 5.32 Å². The summed E-state index contributed by atoms with van der Waals surface area (Å²) in [6.45, 7) is 3.73. The number of carbonyl (C=O) groups excluding carboxylic acids is 2. The van der Waals surface area contributed by atoms with Gasteiger partial charge in [0.25, 0.3) is 0 Å². The first-order chi connectivity index (χ1) is 11.7. The van der Waals surface area contributed by atoms with E-state index in [2.05, 4.69) is 10.2 Å². The fourth-order valence-electron chi connectivity index (χ4n) is 3.32. The summed E-state index contributed by atoms with van der Waals surface area (Å²) in [4.78, 5) is 26.9. The molecular weight excluding hydrogens is 304 g/mol. The van der Waals surface area contributed by atoms with E-state index in [9.17, 15) is 9.59 Å². The maximum absolute atomic E-state index is 12.8. The lowest BCUT2D eigenvalue weighted by atomic mass is 9.94. The van der Waals surface area contributed by atoms with Crippen molar-refractivity contribution in [1.82, 2.24) is 10.2 Å². The largest absolute Gasteiger partial charge is 0.466 e. The van der Waals surface area contributed by atoms with Crippen LogP contribution in [0, 0.1) is 5.92 Å². The van der Waals surface area contributed by atoms with Crippen LogP contribution in [0.25, 0.3) is 0 Å². The standard InChI is InChI=1S/C19H26N2O3/c1-2-24-19(23)15-10-12-21(13-11-15)17(14-6-4-3-5-7-14)18(22)20-16-8-9-16/h3-7,15-17H,2,8-13H2,1H3,(H,20,22)/t17-/m0/s1. The minimum atomic E-state index is -0.269. The van der Waals surface area contributed by atoms with Gasteiger partial charge in [-0.1, -0.05) is 30.3 Å². The Hall–Kier alpha value is -1.88. The van der Waals surface area contributed by atoms with Crippen LogP contribution in [0.3, 0.4) is 0 Å². The number of likely N-dealkylation sites (tertiary alicyclic amines) is 1. The summed E-state index contributed by atoms with van der Waals surface area (Å²) in [5, 5.41) is 3.13. The van der Waals surface area contributed by atoms with E-state index in [1.807, 2.05) is 37.3 Å². The molecule has 1 aliphatic carbocycles. The predicted molar refractivity (Wildman–Crippen MR) is 91.3 cm³/mol. The third-order valence-electron chi connectivity index (χ3n) is 4.80. The second-order valence-corrected chi connectivity index (χ2v) is 6.66. The molecule has 0 radical (unpaired) electrons. The van der Waals surface area contributed by atoms with Gasteiger partial charge >= 0.3 is 5.97 Å². The average molecular weight is 330 g/mol. The molecule has 1 saturated heterocycles. The van der Waals surface area contributed by atoms with Gasteiger partial charge in [-0.3, -0.25) is 14.5 Å². The number of rotatable bonds is 6. The molecule has 1 amide bonds. The molecule has 2 fully saturated rings. The molecule has 0 unspecified atom stereocenters. The molecule has 1 aliphatic heterocycles. The lowest BCUT2D eigenvalue weighted by molar-refractivity contribution is -0.150. The molecule has 1 N–H and O–H groups in total. The van der Waals surface area contributed by atoms with Crippen molar-refractivity contribution in [1.29, 1.82) is 0 Å². The average Bonchev–Trinajstić information content (AvgIpc) is 3.41. The summed E-state index contributed by atoms with van der Waals surface area (Å²) in [6, 6.07) is 10.0. The maximum atomic E-state index is 12.8. The third-order valence-corrected chi connectivity index (χ3v) is 4.80. The first kappa shape index (κ1) is 17.0. The predicted octanol–water partition coefficient (Wildman–Crippen LogP) is 2.28. The van der Waals surface area contributed by atoms with E-state index in [0.29, 0.717) is 12.6 Å². The SMILES string of the molecule is CCOC(=O)C1CCN([C@H](C(=O)NC2CC2)c2ccccc2)CC1. The van der Waals surface area contributed by atoms with Crippen molar-refractivity contribution >= 4 is 11.9 Å². The summed E-state index contributed by atoms with van der Waals surface area (Å²) >= 11 is 0. The molecule has 5 heteroatoms. The molecule has 0 spiro atoms. The Morgan fingerprint density at radius 1 is 1.17 bits per heavy atom. The van der Waals surface area contributed by atoms with Gasteiger partial charge in [0.15, 0.2) is 0 Å². The number of hydrogen-bond donors (Lipinski definition) is 1. The van der Waals surface area contributed by atoms with Crippen LogP contribution in [-0.4, -0.2) is 42.5 Å². The zero-order valence-corrected chi connectivity index (χ0v) is 14.2. The number of benzene rings is 1. The highest BCUT2D eigenvalue weighted by Gasteiger charge is 2.35. The summed E-state index contributed by atoms with van der Waals surface area (Å²) in [6.07, 6.45) is 3.66. The highest BCUT2D eigenvalue weighted by Crippen LogP contribution is 2.29. The van der Waals surface area contributed by atoms with Crippen molar-refractivity contribution in [2.75, 3.05) is 19.7 Å². The van der Waals surface area contributed by atoms with Crippen LogP contribution in [-0.2, 0) is 14.3 Å². The fraction of sp³-hybridized carbons (Fsp3) is 0.579. The van der Waals surface area contributed by atoms with Gasteiger partial charge < -0.3 is 10.1 Å². The summed E-state index contributed by atoms with van der Waals surface area (Å²) in [7, 11) is 0. The Balaban J connectivity index is 1.67. The molecule has 5 nitrogen and oxygen atoms in total. The van der Waals surface area contributed by atoms with Crippen molar-refractivity contribution in [3.63, 3.8) is 0 Å². The van der Waals surface area contributed by atoms with Crippen LogP contribution >= 0.6 is 0 Å². The summed E-state index contributed by atoms with van der Waals surface area (Å²) in [5.41, 5.74) is 1.02. The van der Waals surface area contributed by atoms with E-state index in [-0.39, 0.29) is 23.8 Å². The van der Waals surface area contributed by atoms with Crippen molar-refractivity contribution < 1.29 is 14.3 Å². The van der Waals surface area contributed by atoms with E-state index in [1.54, 1.807) is 0 Å². The van der Waals surface area contributed by atoms with E-state index in [1.165, 1.54) is 0 Å².